The summed E-state index contributed by atoms with van der Waals surface area (Å²) in [6.45, 7) is 8.71. The second-order valence-corrected chi connectivity index (χ2v) is 11.1. The molecule has 2 aromatic carbocycles. The number of benzene rings is 2. The molecule has 1 aliphatic rings. The highest BCUT2D eigenvalue weighted by atomic mass is 16.6. The minimum atomic E-state index is -0.464. The number of hydrogen-bond acceptors (Lipinski definition) is 7. The largest absolute Gasteiger partial charge is 0.497 e. The lowest BCUT2D eigenvalue weighted by atomic mass is 10.0. The van der Waals surface area contributed by atoms with Crippen molar-refractivity contribution in [2.75, 3.05) is 40.4 Å². The van der Waals surface area contributed by atoms with Gasteiger partial charge < -0.3 is 28.4 Å². The van der Waals surface area contributed by atoms with Gasteiger partial charge in [-0.2, -0.15) is 0 Å². The molecule has 0 bridgehead atoms. The van der Waals surface area contributed by atoms with Crippen LogP contribution in [-0.2, 0) is 4.74 Å². The minimum Gasteiger partial charge on any atom is -0.497 e. The second kappa shape index (κ2) is 12.6. The second-order valence-electron chi connectivity index (χ2n) is 11.1. The van der Waals surface area contributed by atoms with Gasteiger partial charge in [0.05, 0.1) is 24.7 Å². The van der Waals surface area contributed by atoms with E-state index in [1.165, 1.54) is 6.26 Å². The Morgan fingerprint density at radius 2 is 1.74 bits per heavy atom. The van der Waals surface area contributed by atoms with E-state index >= 15 is 0 Å². The van der Waals surface area contributed by atoms with Gasteiger partial charge in [0.2, 0.25) is 0 Å². The lowest BCUT2D eigenvalue weighted by molar-refractivity contribution is 0.0156. The Balaban J connectivity index is 1.21. The molecule has 1 amide bonds. The lowest BCUT2D eigenvalue weighted by Crippen LogP contribution is -2.47. The van der Waals surface area contributed by atoms with Crippen LogP contribution in [0.25, 0.3) is 22.1 Å². The molecular formula is C31H40N2O6. The molecule has 4 rings (SSSR count). The number of rotatable bonds is 9. The molecule has 0 radical (unpaired) electrons. The van der Waals surface area contributed by atoms with Crippen LogP contribution in [0.3, 0.4) is 0 Å². The highest BCUT2D eigenvalue weighted by Crippen LogP contribution is 2.25. The fourth-order valence-corrected chi connectivity index (χ4v) is 4.82. The van der Waals surface area contributed by atoms with Gasteiger partial charge in [-0.25, -0.2) is 4.79 Å². The first kappa shape index (κ1) is 28.5. The van der Waals surface area contributed by atoms with E-state index in [0.717, 1.165) is 56.6 Å². The Hall–Kier alpha value is -3.52. The highest BCUT2D eigenvalue weighted by Gasteiger charge is 2.28. The van der Waals surface area contributed by atoms with Gasteiger partial charge >= 0.3 is 6.09 Å². The van der Waals surface area contributed by atoms with Gasteiger partial charge in [-0.15, -0.1) is 0 Å². The van der Waals surface area contributed by atoms with Crippen LogP contribution in [0.1, 0.15) is 46.5 Å². The van der Waals surface area contributed by atoms with Crippen molar-refractivity contribution in [3.05, 3.63) is 59.0 Å². The molecule has 8 nitrogen and oxygen atoms in total. The van der Waals surface area contributed by atoms with Gasteiger partial charge in [0.1, 0.15) is 28.9 Å². The maximum atomic E-state index is 13.0. The topological polar surface area (TPSA) is 81.5 Å². The van der Waals surface area contributed by atoms with E-state index in [0.29, 0.717) is 34.9 Å². The number of hydrogen-bond donors (Lipinski definition) is 0. The van der Waals surface area contributed by atoms with Crippen LogP contribution in [0.4, 0.5) is 4.79 Å². The standard InChI is InChI=1S/C31H40N2O6/c1-31(2,3)39-30(35)33-17-14-23(15-18-33)32(4)16-6-7-19-37-25-12-13-26-28(20-25)38-21-27(29(26)34)22-8-10-24(36-5)11-9-22/h8-13,20-21,23H,6-7,14-19H2,1-5H3. The van der Waals surface area contributed by atoms with Crippen molar-refractivity contribution < 1.29 is 23.4 Å². The maximum Gasteiger partial charge on any atom is 0.410 e. The zero-order chi connectivity index (χ0) is 28.0. The fourth-order valence-electron chi connectivity index (χ4n) is 4.82. The van der Waals surface area contributed by atoms with Crippen molar-refractivity contribution in [2.24, 2.45) is 0 Å². The Morgan fingerprint density at radius 3 is 2.41 bits per heavy atom. The van der Waals surface area contributed by atoms with Crippen molar-refractivity contribution in [3.63, 3.8) is 0 Å². The normalized spacial score (nSPS) is 14.6. The average Bonchev–Trinajstić information content (AvgIpc) is 2.92. The molecule has 39 heavy (non-hydrogen) atoms. The number of carbonyl (C=O) groups excluding carboxylic acids is 1. The fraction of sp³-hybridized carbons (Fsp3) is 0.484. The molecule has 210 valence electrons. The van der Waals surface area contributed by atoms with Crippen LogP contribution in [0.15, 0.2) is 57.9 Å². The molecule has 0 saturated carbocycles. The molecule has 1 aromatic heterocycles. The number of fused-ring (bicyclic) bond motifs is 1. The number of likely N-dealkylation sites (tertiary alicyclic amines) is 1. The third-order valence-electron chi connectivity index (χ3n) is 7.06. The van der Waals surface area contributed by atoms with Gasteiger partial charge in [-0.3, -0.25) is 4.79 Å². The van der Waals surface area contributed by atoms with E-state index in [4.69, 9.17) is 18.6 Å². The predicted octanol–water partition coefficient (Wildman–Crippen LogP) is 5.96. The molecule has 0 unspecified atom stereocenters. The highest BCUT2D eigenvalue weighted by molar-refractivity contribution is 5.82. The summed E-state index contributed by atoms with van der Waals surface area (Å²) in [7, 11) is 3.76. The van der Waals surface area contributed by atoms with Crippen molar-refractivity contribution in [3.8, 4) is 22.6 Å². The first-order valence-electron chi connectivity index (χ1n) is 13.7. The first-order valence-corrected chi connectivity index (χ1v) is 13.7. The van der Waals surface area contributed by atoms with Crippen molar-refractivity contribution in [2.45, 2.75) is 58.1 Å². The van der Waals surface area contributed by atoms with Gasteiger partial charge in [-0.1, -0.05) is 12.1 Å². The molecule has 3 aromatic rings. The number of ether oxygens (including phenoxy) is 3. The number of nitrogens with zero attached hydrogens (tertiary/aromatic N) is 2. The zero-order valence-electron chi connectivity index (χ0n) is 23.7. The molecular weight excluding hydrogens is 496 g/mol. The van der Waals surface area contributed by atoms with Crippen LogP contribution in [-0.4, -0.2) is 67.9 Å². The van der Waals surface area contributed by atoms with E-state index in [-0.39, 0.29) is 11.5 Å². The van der Waals surface area contributed by atoms with Crippen LogP contribution >= 0.6 is 0 Å². The van der Waals surface area contributed by atoms with Crippen LogP contribution < -0.4 is 14.9 Å². The summed E-state index contributed by atoms with van der Waals surface area (Å²) in [6.07, 6.45) is 5.12. The van der Waals surface area contributed by atoms with E-state index in [2.05, 4.69) is 11.9 Å². The smallest absolute Gasteiger partial charge is 0.410 e. The summed E-state index contributed by atoms with van der Waals surface area (Å²) in [5.41, 5.74) is 1.26. The van der Waals surface area contributed by atoms with E-state index in [9.17, 15) is 9.59 Å². The molecule has 1 aliphatic heterocycles. The summed E-state index contributed by atoms with van der Waals surface area (Å²) in [5.74, 6) is 1.42. The summed E-state index contributed by atoms with van der Waals surface area (Å²) in [6, 6.07) is 13.2. The third kappa shape index (κ3) is 7.53. The SMILES string of the molecule is COc1ccc(-c2coc3cc(OCCCCN(C)C4CCN(C(=O)OC(C)(C)C)CC4)ccc3c2=O)cc1. The van der Waals surface area contributed by atoms with Crippen molar-refractivity contribution in [1.29, 1.82) is 0 Å². The molecule has 1 saturated heterocycles. The number of unbranched alkanes of at least 4 members (excludes halogenated alkanes) is 1. The van der Waals surface area contributed by atoms with Crippen LogP contribution in [0.5, 0.6) is 11.5 Å². The van der Waals surface area contributed by atoms with E-state index in [1.807, 2.05) is 56.0 Å². The van der Waals surface area contributed by atoms with E-state index < -0.39 is 5.60 Å². The molecule has 8 heteroatoms. The number of amides is 1. The first-order chi connectivity index (χ1) is 18.6. The number of carbonyl (C=O) groups is 1. The quantitative estimate of drug-likeness (QED) is 0.312. The number of methoxy groups -OCH3 is 1. The molecule has 0 atom stereocenters. The Labute approximate surface area is 230 Å². The van der Waals surface area contributed by atoms with Gasteiger partial charge in [0.25, 0.3) is 0 Å². The Kier molecular flexibility index (Phi) is 9.17. The van der Waals surface area contributed by atoms with Crippen LogP contribution in [0, 0.1) is 0 Å². The lowest BCUT2D eigenvalue weighted by Gasteiger charge is -2.37. The molecule has 2 heterocycles. The van der Waals surface area contributed by atoms with Crippen molar-refractivity contribution in [1.82, 2.24) is 9.80 Å². The van der Waals surface area contributed by atoms with Gasteiger partial charge in [-0.05, 0) is 89.9 Å². The van der Waals surface area contributed by atoms with Gasteiger partial charge in [0.15, 0.2) is 5.43 Å². The predicted molar refractivity (Wildman–Crippen MR) is 153 cm³/mol. The molecule has 0 aliphatic carbocycles. The summed E-state index contributed by atoms with van der Waals surface area (Å²) >= 11 is 0. The van der Waals surface area contributed by atoms with E-state index in [1.54, 1.807) is 19.2 Å². The minimum absolute atomic E-state index is 0.0760. The maximum absolute atomic E-state index is 13.0. The van der Waals surface area contributed by atoms with Crippen molar-refractivity contribution >= 4 is 17.1 Å². The third-order valence-corrected chi connectivity index (χ3v) is 7.06. The van der Waals surface area contributed by atoms with Crippen LogP contribution in [0.2, 0.25) is 0 Å². The monoisotopic (exact) mass is 536 g/mol. The zero-order valence-corrected chi connectivity index (χ0v) is 23.7. The average molecular weight is 537 g/mol. The Morgan fingerprint density at radius 1 is 1.05 bits per heavy atom. The summed E-state index contributed by atoms with van der Waals surface area (Å²) in [4.78, 5) is 29.5. The number of piperidine rings is 1. The summed E-state index contributed by atoms with van der Waals surface area (Å²) < 4.78 is 22.4. The molecule has 0 N–H and O–H groups in total. The molecule has 0 spiro atoms. The summed E-state index contributed by atoms with van der Waals surface area (Å²) in [5, 5.41) is 0.523. The Bertz CT molecular complexity index is 1300. The van der Waals surface area contributed by atoms with Gasteiger partial charge in [0, 0.05) is 25.2 Å². The molecule has 1 fully saturated rings.